The monoisotopic (exact) mass is 265 g/mol. The van der Waals surface area contributed by atoms with E-state index in [0.29, 0.717) is 10.6 Å². The molecule has 0 atom stereocenters. The second kappa shape index (κ2) is 4.63. The second-order valence-corrected chi connectivity index (χ2v) is 4.60. The third-order valence-corrected chi connectivity index (χ3v) is 3.37. The van der Waals surface area contributed by atoms with Crippen molar-refractivity contribution >= 4 is 28.3 Å². The van der Waals surface area contributed by atoms with Gasteiger partial charge in [-0.2, -0.15) is 0 Å². The highest BCUT2D eigenvalue weighted by Crippen LogP contribution is 2.26. The maximum Gasteiger partial charge on any atom is 0.337 e. The topological polar surface area (TPSA) is 42.7 Å². The fraction of sp³-hybridized carbons (Fsp3) is 0.308. The molecule has 4 nitrogen and oxygen atoms in total. The van der Waals surface area contributed by atoms with E-state index in [-0.39, 0.29) is 0 Å². The van der Waals surface area contributed by atoms with E-state index >= 15 is 0 Å². The number of ether oxygens (including phenoxy) is 1. The highest BCUT2D eigenvalue weighted by Gasteiger charge is 2.13. The number of morpholine rings is 1. The van der Waals surface area contributed by atoms with Crippen molar-refractivity contribution in [3.63, 3.8) is 0 Å². The first-order valence-corrected chi connectivity index (χ1v) is 6.18. The Morgan fingerprint density at radius 2 is 1.94 bits per heavy atom. The summed E-state index contributed by atoms with van der Waals surface area (Å²) in [5, 5.41) is 1.18. The molecule has 1 saturated heterocycles. The van der Waals surface area contributed by atoms with E-state index in [1.807, 2.05) is 18.2 Å². The van der Waals surface area contributed by atoms with Gasteiger partial charge in [-0.3, -0.25) is 0 Å². The molecule has 1 aliphatic rings. The molecule has 0 spiro atoms. The van der Waals surface area contributed by atoms with E-state index in [1.54, 1.807) is 0 Å². The predicted octanol–water partition coefficient (Wildman–Crippen LogP) is 2.28. The molecule has 5 heteroatoms. The van der Waals surface area contributed by atoms with Gasteiger partial charge in [-0.25, -0.2) is 4.79 Å². The first-order chi connectivity index (χ1) is 8.74. The average Bonchev–Trinajstić information content (AvgIpc) is 2.39. The Hall–Kier alpha value is -1.52. The van der Waals surface area contributed by atoms with Gasteiger partial charge in [0, 0.05) is 36.3 Å². The van der Waals surface area contributed by atoms with Crippen LogP contribution in [-0.2, 0) is 4.74 Å². The minimum absolute atomic E-state index is 0.424. The largest absolute Gasteiger partial charge is 0.423 e. The fourth-order valence-electron chi connectivity index (χ4n) is 2.13. The van der Waals surface area contributed by atoms with Gasteiger partial charge in [0.05, 0.1) is 18.2 Å². The minimum atomic E-state index is -0.424. The molecule has 2 heterocycles. The molecule has 0 amide bonds. The van der Waals surface area contributed by atoms with Crippen molar-refractivity contribution in [2.45, 2.75) is 0 Å². The summed E-state index contributed by atoms with van der Waals surface area (Å²) < 4.78 is 10.5. The molecule has 0 bridgehead atoms. The Kier molecular flexibility index (Phi) is 2.97. The summed E-state index contributed by atoms with van der Waals surface area (Å²) in [7, 11) is 0. The number of halogens is 1. The summed E-state index contributed by atoms with van der Waals surface area (Å²) in [6, 6.07) is 7.01. The van der Waals surface area contributed by atoms with E-state index in [9.17, 15) is 4.79 Å². The highest BCUT2D eigenvalue weighted by molar-refractivity contribution is 6.35. The van der Waals surface area contributed by atoms with E-state index < -0.39 is 5.63 Å². The van der Waals surface area contributed by atoms with Gasteiger partial charge in [0.1, 0.15) is 5.58 Å². The zero-order valence-corrected chi connectivity index (χ0v) is 10.4. The Morgan fingerprint density at radius 1 is 1.17 bits per heavy atom. The third kappa shape index (κ3) is 2.09. The maximum absolute atomic E-state index is 11.3. The third-order valence-electron chi connectivity index (χ3n) is 3.05. The zero-order valence-electron chi connectivity index (χ0n) is 9.69. The van der Waals surface area contributed by atoms with E-state index in [2.05, 4.69) is 4.90 Å². The van der Waals surface area contributed by atoms with Crippen LogP contribution in [0.4, 0.5) is 5.69 Å². The van der Waals surface area contributed by atoms with Crippen LogP contribution in [0.3, 0.4) is 0 Å². The molecule has 1 aliphatic heterocycles. The molecule has 0 radical (unpaired) electrons. The van der Waals surface area contributed by atoms with Crippen molar-refractivity contribution in [2.75, 3.05) is 31.2 Å². The lowest BCUT2D eigenvalue weighted by Crippen LogP contribution is -2.36. The summed E-state index contributed by atoms with van der Waals surface area (Å²) in [6.07, 6.45) is 0. The molecule has 0 saturated carbocycles. The predicted molar refractivity (Wildman–Crippen MR) is 70.5 cm³/mol. The molecular weight excluding hydrogens is 254 g/mol. The van der Waals surface area contributed by atoms with Crippen molar-refractivity contribution in [1.29, 1.82) is 0 Å². The van der Waals surface area contributed by atoms with Gasteiger partial charge in [0.2, 0.25) is 0 Å². The molecule has 18 heavy (non-hydrogen) atoms. The normalized spacial score (nSPS) is 16.2. The van der Waals surface area contributed by atoms with E-state index in [4.69, 9.17) is 20.8 Å². The summed E-state index contributed by atoms with van der Waals surface area (Å²) in [5.74, 6) is 0. The molecule has 1 aromatic carbocycles. The molecule has 94 valence electrons. The fourth-order valence-corrected chi connectivity index (χ4v) is 2.38. The Balaban J connectivity index is 2.07. The number of hydrogen-bond acceptors (Lipinski definition) is 4. The number of rotatable bonds is 1. The van der Waals surface area contributed by atoms with Crippen LogP contribution in [0.15, 0.2) is 33.5 Å². The van der Waals surface area contributed by atoms with E-state index in [0.717, 1.165) is 37.4 Å². The number of benzene rings is 1. The van der Waals surface area contributed by atoms with Crippen molar-refractivity contribution < 1.29 is 9.15 Å². The SMILES string of the molecule is O=c1cc(Cl)c2ccc(N3CCOCC3)cc2o1. The molecule has 2 aromatic rings. The first-order valence-electron chi connectivity index (χ1n) is 5.80. The van der Waals surface area contributed by atoms with Gasteiger partial charge < -0.3 is 14.1 Å². The van der Waals surface area contributed by atoms with Crippen LogP contribution in [0.2, 0.25) is 5.02 Å². The zero-order chi connectivity index (χ0) is 12.5. The molecule has 3 rings (SSSR count). The molecule has 0 N–H and O–H groups in total. The van der Waals surface area contributed by atoms with Gasteiger partial charge in [0.25, 0.3) is 0 Å². The number of anilines is 1. The number of nitrogens with zero attached hydrogens (tertiary/aromatic N) is 1. The molecular formula is C13H12ClNO3. The van der Waals surface area contributed by atoms with Crippen molar-refractivity contribution in [2.24, 2.45) is 0 Å². The first kappa shape index (κ1) is 11.6. The molecule has 1 aromatic heterocycles. The van der Waals surface area contributed by atoms with Crippen LogP contribution >= 0.6 is 11.6 Å². The Morgan fingerprint density at radius 3 is 2.72 bits per heavy atom. The van der Waals surface area contributed by atoms with Crippen LogP contribution in [0.5, 0.6) is 0 Å². The van der Waals surface area contributed by atoms with Crippen LogP contribution in [0.1, 0.15) is 0 Å². The Labute approximate surface area is 109 Å². The van der Waals surface area contributed by atoms with Gasteiger partial charge >= 0.3 is 5.63 Å². The highest BCUT2D eigenvalue weighted by atomic mass is 35.5. The Bertz CT molecular complexity index is 632. The van der Waals surface area contributed by atoms with Gasteiger partial charge in [-0.1, -0.05) is 11.6 Å². The maximum atomic E-state index is 11.3. The molecule has 0 unspecified atom stereocenters. The smallest absolute Gasteiger partial charge is 0.337 e. The van der Waals surface area contributed by atoms with Crippen molar-refractivity contribution in [3.8, 4) is 0 Å². The van der Waals surface area contributed by atoms with Gasteiger partial charge in [0.15, 0.2) is 0 Å². The van der Waals surface area contributed by atoms with Crippen LogP contribution in [0.25, 0.3) is 11.0 Å². The van der Waals surface area contributed by atoms with E-state index in [1.165, 1.54) is 6.07 Å². The number of hydrogen-bond donors (Lipinski definition) is 0. The van der Waals surface area contributed by atoms with Gasteiger partial charge in [-0.05, 0) is 12.1 Å². The van der Waals surface area contributed by atoms with Crippen molar-refractivity contribution in [1.82, 2.24) is 0 Å². The average molecular weight is 266 g/mol. The van der Waals surface area contributed by atoms with Crippen molar-refractivity contribution in [3.05, 3.63) is 39.7 Å². The van der Waals surface area contributed by atoms with Crippen LogP contribution in [-0.4, -0.2) is 26.3 Å². The standard InChI is InChI=1S/C13H12ClNO3/c14-11-8-13(16)18-12-7-9(1-2-10(11)12)15-3-5-17-6-4-15/h1-2,7-8H,3-6H2. The summed E-state index contributed by atoms with van der Waals surface area (Å²) in [6.45, 7) is 3.13. The summed E-state index contributed by atoms with van der Waals surface area (Å²) in [5.41, 5.74) is 1.12. The lowest BCUT2D eigenvalue weighted by Gasteiger charge is -2.28. The molecule has 1 fully saturated rings. The number of fused-ring (bicyclic) bond motifs is 1. The minimum Gasteiger partial charge on any atom is -0.423 e. The summed E-state index contributed by atoms with van der Waals surface area (Å²) in [4.78, 5) is 13.5. The second-order valence-electron chi connectivity index (χ2n) is 4.19. The lowest BCUT2D eigenvalue weighted by molar-refractivity contribution is 0.122. The van der Waals surface area contributed by atoms with Crippen LogP contribution < -0.4 is 10.5 Å². The summed E-state index contributed by atoms with van der Waals surface area (Å²) >= 11 is 6.01. The lowest BCUT2D eigenvalue weighted by atomic mass is 10.2. The quantitative estimate of drug-likeness (QED) is 0.742. The van der Waals surface area contributed by atoms with Crippen LogP contribution in [0, 0.1) is 0 Å². The molecule has 0 aliphatic carbocycles. The van der Waals surface area contributed by atoms with Gasteiger partial charge in [-0.15, -0.1) is 0 Å².